The molecule has 35 heteroatoms. The summed E-state index contributed by atoms with van der Waals surface area (Å²) in [4.78, 5) is 86.0. The Kier molecular flexibility index (Phi) is 25.7. The molecular formula is C95H97ClF4N16O6S8. The maximum Gasteiger partial charge on any atom is 0.411 e. The average molecular weight is 1930 g/mol. The fourth-order valence-corrected chi connectivity index (χ4v) is 24.5. The van der Waals surface area contributed by atoms with Crippen molar-refractivity contribution in [2.24, 2.45) is 0 Å². The first-order valence-corrected chi connectivity index (χ1v) is 49.2. The molecule has 2 fully saturated rings. The van der Waals surface area contributed by atoms with Crippen molar-refractivity contribution < 1.29 is 46.2 Å². The molecule has 16 aromatic rings. The first-order valence-electron chi connectivity index (χ1n) is 42.0. The topological polar surface area (TPSA) is 266 Å². The fraction of sp³-hybridized carbons (Fsp3) is 0.337. The lowest BCUT2D eigenvalue weighted by molar-refractivity contribution is 0.0115. The number of carbonyl (C=O) groups excluding carboxylic acids is 3. The van der Waals surface area contributed by atoms with Gasteiger partial charge in [0.05, 0.1) is 96.8 Å². The molecule has 4 aromatic carbocycles. The van der Waals surface area contributed by atoms with E-state index in [9.17, 15) is 31.9 Å². The zero-order valence-electron chi connectivity index (χ0n) is 74.5. The molecule has 4 aliphatic heterocycles. The van der Waals surface area contributed by atoms with Crippen molar-refractivity contribution in [1.29, 1.82) is 0 Å². The monoisotopic (exact) mass is 1920 g/mol. The standard InChI is InChI=1S/C25H27FN4O2S2.C25H25FN4O2S2.C20H19FN4S2.C18H21ClN2O2S.C7H5FN2S/c2*1-24(2,3)32-23(31)30-11-9-15(25(30,4)5)19-12-14-16(8-10-27-22(14)34-19)29-17-6-7-18-21(20(17)26)28-13-33-18;1-20(2)12(5-8-24-20)16-9-11-13(6-7-22-19(11)27-16)25-14-3-4-15-18(17(14)21)23-10-26-15;1-17(2,3)23-16(22)21-9-7-12(18(21,4)5)14-10-11-13(19)6-8-20-15(11)24-14;8-6-4(9)1-2-5-7(6)10-3-11-5/h6-8,10,12-13,15H,9,11H2,1-5H3,(H,27,29);6-10,12-13H,11H2,1-5H3,(H,27,29);3-4,6-7,9-10,12,24H,5,8H2,1-2H3,(H,22,25);6-8,10H,9H2,1-5H3;1-3H,9H2. The van der Waals surface area contributed by atoms with E-state index in [2.05, 4.69) is 125 Å². The summed E-state index contributed by atoms with van der Waals surface area (Å²) in [5.41, 5.74) is 16.4. The molecular weight excluding hydrogens is 1830 g/mol. The van der Waals surface area contributed by atoms with Crippen LogP contribution >= 0.6 is 102 Å². The smallest absolute Gasteiger partial charge is 0.411 e. The lowest BCUT2D eigenvalue weighted by atomic mass is 9.87. The number of hydrogen-bond acceptors (Lipinski definition) is 27. The van der Waals surface area contributed by atoms with Crippen molar-refractivity contribution >= 4 is 253 Å². The van der Waals surface area contributed by atoms with Crippen LogP contribution in [0, 0.1) is 23.3 Å². The molecule has 0 aliphatic carbocycles. The molecule has 0 spiro atoms. The van der Waals surface area contributed by atoms with Crippen LogP contribution in [0.3, 0.4) is 0 Å². The van der Waals surface area contributed by atoms with E-state index in [0.717, 1.165) is 122 Å². The molecule has 12 aromatic heterocycles. The van der Waals surface area contributed by atoms with Gasteiger partial charge in [-0.15, -0.1) is 90.7 Å². The Balaban J connectivity index is 0.000000123. The maximum absolute atomic E-state index is 15.0. The number of carbonyl (C=O) groups is 3. The van der Waals surface area contributed by atoms with Gasteiger partial charge in [0, 0.05) is 108 Å². The number of thiazole rings is 4. The van der Waals surface area contributed by atoms with Crippen molar-refractivity contribution in [1.82, 2.24) is 59.9 Å². The third kappa shape index (κ3) is 19.1. The van der Waals surface area contributed by atoms with Gasteiger partial charge in [0.2, 0.25) is 0 Å². The predicted octanol–water partition coefficient (Wildman–Crippen LogP) is 27.5. The molecule has 22 nitrogen and oxygen atoms in total. The summed E-state index contributed by atoms with van der Waals surface area (Å²) in [5, 5.41) is 17.8. The van der Waals surface area contributed by atoms with Crippen LogP contribution in [0.25, 0.3) is 92.9 Å². The van der Waals surface area contributed by atoms with Gasteiger partial charge in [0.15, 0.2) is 23.3 Å². The Morgan fingerprint density at radius 3 is 1.18 bits per heavy atom. The van der Waals surface area contributed by atoms with Gasteiger partial charge in [-0.05, 0) is 245 Å². The summed E-state index contributed by atoms with van der Waals surface area (Å²) in [6.07, 6.45) is 12.1. The quantitative estimate of drug-likeness (QED) is 0.0484. The van der Waals surface area contributed by atoms with Crippen LogP contribution in [0.15, 0.2) is 156 Å². The minimum absolute atomic E-state index is 0.0796. The summed E-state index contributed by atoms with van der Waals surface area (Å²) < 4.78 is 78.0. The van der Waals surface area contributed by atoms with E-state index >= 15 is 0 Å². The van der Waals surface area contributed by atoms with Gasteiger partial charge in [-0.2, -0.15) is 0 Å². The van der Waals surface area contributed by atoms with Crippen LogP contribution in [-0.2, 0) is 14.2 Å². The number of amides is 3. The lowest BCUT2D eigenvalue weighted by Crippen LogP contribution is -2.47. The highest BCUT2D eigenvalue weighted by molar-refractivity contribution is 7.21. The minimum Gasteiger partial charge on any atom is -0.444 e. The Labute approximate surface area is 786 Å². The van der Waals surface area contributed by atoms with Crippen LogP contribution in [-0.4, -0.2) is 138 Å². The van der Waals surface area contributed by atoms with Gasteiger partial charge >= 0.3 is 18.3 Å². The number of likely N-dealkylation sites (tertiary alicyclic amines) is 1. The minimum atomic E-state index is -0.561. The van der Waals surface area contributed by atoms with Crippen LogP contribution in [0.5, 0.6) is 0 Å². The molecule has 6 N–H and O–H groups in total. The molecule has 2 unspecified atom stereocenters. The number of nitrogens with zero attached hydrogens (tertiary/aromatic N) is 11. The molecule has 0 radical (unpaired) electrons. The lowest BCUT2D eigenvalue weighted by Gasteiger charge is -2.36. The van der Waals surface area contributed by atoms with Crippen molar-refractivity contribution in [2.75, 3.05) is 47.9 Å². The highest BCUT2D eigenvalue weighted by atomic mass is 35.5. The van der Waals surface area contributed by atoms with E-state index in [0.29, 0.717) is 69.7 Å². The number of nitrogen functional groups attached to an aromatic ring is 1. The van der Waals surface area contributed by atoms with Crippen LogP contribution in [0.2, 0.25) is 5.02 Å². The van der Waals surface area contributed by atoms with Crippen molar-refractivity contribution in [3.8, 4) is 0 Å². The van der Waals surface area contributed by atoms with Crippen molar-refractivity contribution in [3.63, 3.8) is 0 Å². The fourth-order valence-electron chi connectivity index (χ4n) is 16.4. The molecule has 2 saturated heterocycles. The number of nitrogens with one attached hydrogen (secondary N) is 4. The molecule has 0 bridgehead atoms. The number of ether oxygens (including phenoxy) is 3. The Morgan fingerprint density at radius 1 is 0.438 bits per heavy atom. The second-order valence-electron chi connectivity index (χ2n) is 36.8. The van der Waals surface area contributed by atoms with Gasteiger partial charge in [-0.3, -0.25) is 9.80 Å². The van der Waals surface area contributed by atoms with E-state index in [4.69, 9.17) is 31.5 Å². The van der Waals surface area contributed by atoms with Crippen LogP contribution in [0.4, 0.5) is 71.8 Å². The van der Waals surface area contributed by atoms with Crippen molar-refractivity contribution in [2.45, 2.75) is 181 Å². The Morgan fingerprint density at radius 2 is 0.792 bits per heavy atom. The number of thiophene rings is 4. The second kappa shape index (κ2) is 36.1. The number of aromatic nitrogens is 8. The molecule has 20 rings (SSSR count). The number of hydrogen-bond donors (Lipinski definition) is 5. The van der Waals surface area contributed by atoms with Gasteiger partial charge in [0.1, 0.15) is 58.2 Å². The normalized spacial score (nSPS) is 16.9. The summed E-state index contributed by atoms with van der Waals surface area (Å²) >= 11 is 18.4. The highest BCUT2D eigenvalue weighted by Crippen LogP contribution is 2.51. The van der Waals surface area contributed by atoms with E-state index in [1.807, 2.05) is 131 Å². The van der Waals surface area contributed by atoms with Gasteiger partial charge < -0.3 is 46.1 Å². The first kappa shape index (κ1) is 92.6. The predicted molar refractivity (Wildman–Crippen MR) is 530 cm³/mol. The second-order valence-corrected chi connectivity index (χ2v) is 45.0. The van der Waals surface area contributed by atoms with Crippen molar-refractivity contribution in [3.05, 3.63) is 204 Å². The summed E-state index contributed by atoms with van der Waals surface area (Å²) in [6.45, 7) is 36.3. The Hall–Kier alpha value is -10.7. The van der Waals surface area contributed by atoms with Crippen LogP contribution < -0.4 is 27.0 Å². The van der Waals surface area contributed by atoms with E-state index in [1.54, 1.807) is 138 Å². The molecule has 2 atom stereocenters. The maximum atomic E-state index is 15.0. The zero-order chi connectivity index (χ0) is 92.6. The number of nitrogens with two attached hydrogens (primary N) is 1. The molecule has 3 amide bonds. The number of halogens is 5. The number of fused-ring (bicyclic) bond motifs is 8. The van der Waals surface area contributed by atoms with Gasteiger partial charge in [-0.1, -0.05) is 23.8 Å². The SMILES string of the molecule is CC(C)(C)OC(=O)N1CC=C(c2cc3c(Cl)ccnc3s2)C1(C)C.CC(C)(C)OC(=O)N1CC=C(c2cc3c(Nc4ccc5scnc5c4F)ccnc3s2)C1(C)C.CC(C)(C)OC(=O)N1CCC(c2cc3c(Nc4ccc5scnc5c4F)ccnc3s2)C1(C)C.CC1(C)NCCC1c1cc2c(Nc3ccc4scnc4c3F)ccnc2s1.Nc1ccc2scnc2c1F. The number of rotatable bonds is 10. The first-order chi connectivity index (χ1) is 61.5. The van der Waals surface area contributed by atoms with E-state index in [-0.39, 0.29) is 52.9 Å². The molecule has 4 aliphatic rings. The highest BCUT2D eigenvalue weighted by Gasteiger charge is 2.48. The molecule has 0 saturated carbocycles. The third-order valence-corrected chi connectivity index (χ3v) is 31.1. The summed E-state index contributed by atoms with van der Waals surface area (Å²) in [7, 11) is 0. The van der Waals surface area contributed by atoms with Gasteiger partial charge in [0.25, 0.3) is 0 Å². The van der Waals surface area contributed by atoms with Gasteiger partial charge in [-0.25, -0.2) is 71.8 Å². The number of anilines is 7. The summed E-state index contributed by atoms with van der Waals surface area (Å²) in [5.74, 6) is -0.835. The molecule has 16 heterocycles. The molecule has 676 valence electrons. The largest absolute Gasteiger partial charge is 0.444 e. The van der Waals surface area contributed by atoms with E-state index in [1.165, 1.54) is 50.2 Å². The Bertz CT molecular complexity index is 7060. The number of pyridine rings is 4. The van der Waals surface area contributed by atoms with E-state index < -0.39 is 39.2 Å². The zero-order valence-corrected chi connectivity index (χ0v) is 81.8. The number of benzene rings is 4. The van der Waals surface area contributed by atoms with Crippen LogP contribution in [0.1, 0.15) is 162 Å². The average Bonchev–Trinajstić information content (AvgIpc) is 1.63. The summed E-state index contributed by atoms with van der Waals surface area (Å²) in [6, 6.07) is 30.1. The molecule has 130 heavy (non-hydrogen) atoms. The third-order valence-electron chi connectivity index (χ3n) is 23.1.